The van der Waals surface area contributed by atoms with Crippen LogP contribution in [0, 0.1) is 0 Å². The van der Waals surface area contributed by atoms with Gasteiger partial charge in [0.15, 0.2) is 0 Å². The van der Waals surface area contributed by atoms with Crippen molar-refractivity contribution in [2.24, 2.45) is 0 Å². The summed E-state index contributed by atoms with van der Waals surface area (Å²) in [5.41, 5.74) is 1.10. The third-order valence-electron chi connectivity index (χ3n) is 5.50. The summed E-state index contributed by atoms with van der Waals surface area (Å²) in [5.74, 6) is -0.616. The van der Waals surface area contributed by atoms with Gasteiger partial charge in [-0.15, -0.1) is 0 Å². The zero-order valence-electron chi connectivity index (χ0n) is 17.4. The average molecular weight is 396 g/mol. The van der Waals surface area contributed by atoms with Crippen molar-refractivity contribution in [2.45, 2.75) is 39.7 Å². The van der Waals surface area contributed by atoms with Gasteiger partial charge in [0.1, 0.15) is 0 Å². The number of nitrogens with one attached hydrogen (secondary N) is 1. The molecule has 154 valence electrons. The molecule has 0 bridgehead atoms. The number of benzene rings is 2. The highest BCUT2D eigenvalue weighted by molar-refractivity contribution is 6.25. The van der Waals surface area contributed by atoms with E-state index in [1.165, 1.54) is 4.90 Å². The number of imide groups is 1. The highest BCUT2D eigenvalue weighted by atomic mass is 16.2. The number of hydrogen-bond acceptors (Lipinski definition) is 4. The highest BCUT2D eigenvalue weighted by Gasteiger charge is 2.32. The topological polar surface area (TPSA) is 69.7 Å². The molecule has 1 aliphatic heterocycles. The van der Waals surface area contributed by atoms with Crippen molar-refractivity contribution in [1.82, 2.24) is 15.1 Å². The number of nitrogens with zero attached hydrogens (tertiary/aromatic N) is 2. The van der Waals surface area contributed by atoms with Crippen molar-refractivity contribution < 1.29 is 14.4 Å². The van der Waals surface area contributed by atoms with Gasteiger partial charge >= 0.3 is 0 Å². The summed E-state index contributed by atoms with van der Waals surface area (Å²) in [5, 5.41) is 4.54. The van der Waals surface area contributed by atoms with E-state index in [2.05, 4.69) is 31.0 Å². The highest BCUT2D eigenvalue weighted by Crippen LogP contribution is 2.29. The van der Waals surface area contributed by atoms with E-state index >= 15 is 0 Å². The van der Waals surface area contributed by atoms with Crippen LogP contribution >= 0.6 is 0 Å². The first-order chi connectivity index (χ1) is 13.9. The van der Waals surface area contributed by atoms with Crippen molar-refractivity contribution in [3.8, 4) is 0 Å². The maximum absolute atomic E-state index is 12.8. The Morgan fingerprint density at radius 2 is 1.69 bits per heavy atom. The molecule has 0 aliphatic carbocycles. The Morgan fingerprint density at radius 3 is 2.24 bits per heavy atom. The van der Waals surface area contributed by atoms with Gasteiger partial charge in [0.05, 0.1) is 0 Å². The molecular weight excluding hydrogens is 366 g/mol. The lowest BCUT2D eigenvalue weighted by molar-refractivity contribution is -0.121. The van der Waals surface area contributed by atoms with E-state index < -0.39 is 0 Å². The second kappa shape index (κ2) is 9.18. The maximum atomic E-state index is 12.8. The summed E-state index contributed by atoms with van der Waals surface area (Å²) >= 11 is 0. The van der Waals surface area contributed by atoms with Crippen LogP contribution in [0.3, 0.4) is 0 Å². The van der Waals surface area contributed by atoms with E-state index in [1.807, 2.05) is 24.3 Å². The van der Waals surface area contributed by atoms with Crippen LogP contribution in [-0.4, -0.2) is 59.7 Å². The molecule has 0 atom stereocenters. The summed E-state index contributed by atoms with van der Waals surface area (Å²) in [4.78, 5) is 41.3. The van der Waals surface area contributed by atoms with Crippen LogP contribution in [-0.2, 0) is 4.79 Å². The Kier molecular flexibility index (Phi) is 6.64. The quantitative estimate of drug-likeness (QED) is 0.663. The van der Waals surface area contributed by atoms with E-state index in [-0.39, 0.29) is 30.7 Å². The second-order valence-electron chi connectivity index (χ2n) is 7.65. The Labute approximate surface area is 171 Å². The molecule has 3 rings (SSSR count). The van der Waals surface area contributed by atoms with Gasteiger partial charge in [-0.05, 0) is 44.3 Å². The van der Waals surface area contributed by atoms with Gasteiger partial charge in [-0.1, -0.05) is 31.2 Å². The van der Waals surface area contributed by atoms with E-state index in [0.717, 1.165) is 23.9 Å². The lowest BCUT2D eigenvalue weighted by Crippen LogP contribution is -2.41. The first-order valence-electron chi connectivity index (χ1n) is 10.3. The van der Waals surface area contributed by atoms with Crippen LogP contribution in [0.5, 0.6) is 0 Å². The number of rotatable bonds is 9. The first-order valence-corrected chi connectivity index (χ1v) is 10.3. The fourth-order valence-electron chi connectivity index (χ4n) is 3.89. The van der Waals surface area contributed by atoms with Gasteiger partial charge in [0.25, 0.3) is 11.8 Å². The van der Waals surface area contributed by atoms with Crippen LogP contribution in [0.25, 0.3) is 10.8 Å². The van der Waals surface area contributed by atoms with Crippen molar-refractivity contribution in [1.29, 1.82) is 0 Å². The molecule has 1 aliphatic rings. The van der Waals surface area contributed by atoms with Crippen LogP contribution in [0.4, 0.5) is 0 Å². The van der Waals surface area contributed by atoms with E-state index in [9.17, 15) is 14.4 Å². The Bertz CT molecular complexity index is 872. The minimum Gasteiger partial charge on any atom is -0.355 e. The summed E-state index contributed by atoms with van der Waals surface area (Å²) in [7, 11) is 0. The zero-order valence-corrected chi connectivity index (χ0v) is 17.4. The molecule has 0 saturated heterocycles. The summed E-state index contributed by atoms with van der Waals surface area (Å²) in [6.45, 7) is 8.97. The predicted octanol–water partition coefficient (Wildman–Crippen LogP) is 3.06. The largest absolute Gasteiger partial charge is 0.355 e. The fourth-order valence-corrected chi connectivity index (χ4v) is 3.89. The molecule has 0 unspecified atom stereocenters. The molecule has 0 spiro atoms. The van der Waals surface area contributed by atoms with Gasteiger partial charge in [0.2, 0.25) is 5.91 Å². The molecule has 0 fully saturated rings. The summed E-state index contributed by atoms with van der Waals surface area (Å²) in [6, 6.07) is 11.4. The molecule has 1 heterocycles. The smallest absolute Gasteiger partial charge is 0.261 e. The van der Waals surface area contributed by atoms with Gasteiger partial charge in [0, 0.05) is 48.6 Å². The molecule has 6 heteroatoms. The van der Waals surface area contributed by atoms with Crippen molar-refractivity contribution in [3.63, 3.8) is 0 Å². The summed E-state index contributed by atoms with van der Waals surface area (Å²) in [6.07, 6.45) is 0.736. The van der Waals surface area contributed by atoms with Gasteiger partial charge in [-0.3, -0.25) is 24.2 Å². The number of hydrogen-bond donors (Lipinski definition) is 1. The average Bonchev–Trinajstić information content (AvgIpc) is 2.71. The third-order valence-corrected chi connectivity index (χ3v) is 5.50. The lowest BCUT2D eigenvalue weighted by Gasteiger charge is -2.27. The summed E-state index contributed by atoms with van der Waals surface area (Å²) < 4.78 is 0. The van der Waals surface area contributed by atoms with Crippen molar-refractivity contribution in [2.75, 3.05) is 26.2 Å². The number of carbonyl (C=O) groups excluding carboxylic acids is 3. The van der Waals surface area contributed by atoms with Crippen molar-refractivity contribution in [3.05, 3.63) is 47.5 Å². The zero-order chi connectivity index (χ0) is 21.0. The van der Waals surface area contributed by atoms with Gasteiger partial charge in [-0.2, -0.15) is 0 Å². The molecule has 2 aromatic rings. The van der Waals surface area contributed by atoms with Gasteiger partial charge < -0.3 is 5.32 Å². The van der Waals surface area contributed by atoms with E-state index in [0.29, 0.717) is 30.1 Å². The standard InChI is InChI=1S/C23H29N3O3/c1-4-25(16(2)3)15-13-24-20(27)12-7-14-26-22(28)18-10-5-8-17-9-6-11-19(21(17)18)23(26)29/h5-6,8-11,16H,4,7,12-15H2,1-3H3,(H,24,27). The second-order valence-corrected chi connectivity index (χ2v) is 7.65. The first kappa shape index (κ1) is 21.0. The van der Waals surface area contributed by atoms with E-state index in [1.54, 1.807) is 12.1 Å². The fraction of sp³-hybridized carbons (Fsp3) is 0.435. The van der Waals surface area contributed by atoms with Crippen LogP contribution in [0.2, 0.25) is 0 Å². The molecular formula is C23H29N3O3. The molecule has 29 heavy (non-hydrogen) atoms. The molecule has 3 amide bonds. The van der Waals surface area contributed by atoms with Crippen molar-refractivity contribution >= 4 is 28.5 Å². The van der Waals surface area contributed by atoms with E-state index in [4.69, 9.17) is 0 Å². The molecule has 0 aromatic heterocycles. The Morgan fingerprint density at radius 1 is 1.07 bits per heavy atom. The predicted molar refractivity (Wildman–Crippen MR) is 114 cm³/mol. The molecule has 0 radical (unpaired) electrons. The third kappa shape index (κ3) is 4.48. The lowest BCUT2D eigenvalue weighted by atomic mass is 9.94. The minimum atomic E-state index is -0.282. The minimum absolute atomic E-state index is 0.0516. The Balaban J connectivity index is 1.55. The maximum Gasteiger partial charge on any atom is 0.261 e. The van der Waals surface area contributed by atoms with Gasteiger partial charge in [-0.25, -0.2) is 0 Å². The number of amides is 3. The number of likely N-dealkylation sites (N-methyl/N-ethyl adjacent to an activating group) is 1. The Hall–Kier alpha value is -2.73. The molecule has 1 N–H and O–H groups in total. The molecule has 2 aromatic carbocycles. The molecule has 0 saturated carbocycles. The molecule has 6 nitrogen and oxygen atoms in total. The SMILES string of the molecule is CCN(CCNC(=O)CCCN1C(=O)c2cccc3cccc(c23)C1=O)C(C)C. The monoisotopic (exact) mass is 395 g/mol. The van der Waals surface area contributed by atoms with Crippen LogP contribution < -0.4 is 5.32 Å². The normalized spacial score (nSPS) is 13.6. The van der Waals surface area contributed by atoms with Crippen LogP contribution in [0.1, 0.15) is 54.3 Å². The van der Waals surface area contributed by atoms with Crippen LogP contribution in [0.15, 0.2) is 36.4 Å². The number of carbonyl (C=O) groups is 3.